The van der Waals surface area contributed by atoms with E-state index in [4.69, 9.17) is 10.5 Å². The van der Waals surface area contributed by atoms with E-state index >= 15 is 0 Å². The molecule has 1 heterocycles. The molecule has 1 aliphatic heterocycles. The van der Waals surface area contributed by atoms with Gasteiger partial charge in [0, 0.05) is 12.6 Å². The predicted molar refractivity (Wildman–Crippen MR) is 73.4 cm³/mol. The molecule has 2 unspecified atom stereocenters. The van der Waals surface area contributed by atoms with Crippen LogP contribution in [-0.4, -0.2) is 29.6 Å². The average molecular weight is 279 g/mol. The number of anilines is 1. The SMILES string of the molecule is Cc1ccc([N+](=O)[O-])c(NC(=O)C2CCC(CN)O2)c1. The van der Waals surface area contributed by atoms with Gasteiger partial charge in [0.2, 0.25) is 0 Å². The van der Waals surface area contributed by atoms with Crippen LogP contribution in [0.5, 0.6) is 0 Å². The monoisotopic (exact) mass is 279 g/mol. The molecule has 3 N–H and O–H groups in total. The van der Waals surface area contributed by atoms with E-state index in [0.717, 1.165) is 12.0 Å². The van der Waals surface area contributed by atoms with E-state index in [1.807, 2.05) is 0 Å². The second-order valence-electron chi connectivity index (χ2n) is 4.83. The Morgan fingerprint density at radius 3 is 2.90 bits per heavy atom. The van der Waals surface area contributed by atoms with Crippen molar-refractivity contribution in [2.24, 2.45) is 5.73 Å². The Bertz CT molecular complexity index is 532. The fraction of sp³-hybridized carbons (Fsp3) is 0.462. The fourth-order valence-corrected chi connectivity index (χ4v) is 2.19. The van der Waals surface area contributed by atoms with Crippen LogP contribution in [0.3, 0.4) is 0 Å². The van der Waals surface area contributed by atoms with Crippen LogP contribution in [0.1, 0.15) is 18.4 Å². The van der Waals surface area contributed by atoms with Gasteiger partial charge in [0.05, 0.1) is 11.0 Å². The van der Waals surface area contributed by atoms with E-state index < -0.39 is 11.0 Å². The molecule has 1 fully saturated rings. The van der Waals surface area contributed by atoms with Crippen LogP contribution in [0.4, 0.5) is 11.4 Å². The summed E-state index contributed by atoms with van der Waals surface area (Å²) in [6.07, 6.45) is 0.597. The van der Waals surface area contributed by atoms with Crippen LogP contribution < -0.4 is 11.1 Å². The van der Waals surface area contributed by atoms with Gasteiger partial charge in [-0.2, -0.15) is 0 Å². The number of benzene rings is 1. The second-order valence-corrected chi connectivity index (χ2v) is 4.83. The van der Waals surface area contributed by atoms with E-state index in [1.165, 1.54) is 6.07 Å². The first-order valence-electron chi connectivity index (χ1n) is 6.42. The molecule has 1 aromatic rings. The first kappa shape index (κ1) is 14.4. The summed E-state index contributed by atoms with van der Waals surface area (Å²) in [5.74, 6) is -0.366. The minimum atomic E-state index is -0.594. The van der Waals surface area contributed by atoms with Gasteiger partial charge in [-0.15, -0.1) is 0 Å². The highest BCUT2D eigenvalue weighted by atomic mass is 16.6. The molecule has 0 saturated carbocycles. The van der Waals surface area contributed by atoms with Crippen molar-refractivity contribution in [1.29, 1.82) is 0 Å². The Morgan fingerprint density at radius 2 is 2.30 bits per heavy atom. The molecule has 1 saturated heterocycles. The quantitative estimate of drug-likeness (QED) is 0.639. The minimum Gasteiger partial charge on any atom is -0.364 e. The van der Waals surface area contributed by atoms with Gasteiger partial charge in [0.15, 0.2) is 0 Å². The topological polar surface area (TPSA) is 107 Å². The summed E-state index contributed by atoms with van der Waals surface area (Å²) in [6, 6.07) is 4.58. The Kier molecular flexibility index (Phi) is 4.31. The number of aryl methyl sites for hydroxylation is 1. The first-order chi connectivity index (χ1) is 9.51. The number of rotatable bonds is 4. The molecular weight excluding hydrogens is 262 g/mol. The Labute approximate surface area is 116 Å². The molecule has 2 rings (SSSR count). The van der Waals surface area contributed by atoms with Crippen molar-refractivity contribution in [3.8, 4) is 0 Å². The number of nitro benzene ring substituents is 1. The normalized spacial score (nSPS) is 21.7. The van der Waals surface area contributed by atoms with E-state index in [9.17, 15) is 14.9 Å². The molecule has 7 nitrogen and oxygen atoms in total. The lowest BCUT2D eigenvalue weighted by molar-refractivity contribution is -0.383. The lowest BCUT2D eigenvalue weighted by Crippen LogP contribution is -2.30. The molecule has 2 atom stereocenters. The maximum Gasteiger partial charge on any atom is 0.292 e. The van der Waals surface area contributed by atoms with Gasteiger partial charge >= 0.3 is 0 Å². The third-order valence-electron chi connectivity index (χ3n) is 3.27. The zero-order valence-electron chi connectivity index (χ0n) is 11.2. The number of nitrogens with two attached hydrogens (primary N) is 1. The third-order valence-corrected chi connectivity index (χ3v) is 3.27. The van der Waals surface area contributed by atoms with Crippen molar-refractivity contribution >= 4 is 17.3 Å². The molecule has 7 heteroatoms. The summed E-state index contributed by atoms with van der Waals surface area (Å²) >= 11 is 0. The highest BCUT2D eigenvalue weighted by molar-refractivity contribution is 5.96. The van der Waals surface area contributed by atoms with Crippen LogP contribution in [0.15, 0.2) is 18.2 Å². The maximum atomic E-state index is 12.1. The standard InChI is InChI=1S/C13H17N3O4/c1-8-2-4-11(16(18)19)10(6-8)15-13(17)12-5-3-9(7-14)20-12/h2,4,6,9,12H,3,5,7,14H2,1H3,(H,15,17). The van der Waals surface area contributed by atoms with Crippen LogP contribution in [0.25, 0.3) is 0 Å². The lowest BCUT2D eigenvalue weighted by atomic mass is 10.1. The molecule has 0 radical (unpaired) electrons. The molecule has 1 aromatic carbocycles. The van der Waals surface area contributed by atoms with E-state index in [1.54, 1.807) is 19.1 Å². The van der Waals surface area contributed by atoms with Gasteiger partial charge in [-0.05, 0) is 31.4 Å². The average Bonchev–Trinajstić information content (AvgIpc) is 2.87. The predicted octanol–water partition coefficient (Wildman–Crippen LogP) is 1.35. The van der Waals surface area contributed by atoms with Crippen molar-refractivity contribution in [1.82, 2.24) is 0 Å². The summed E-state index contributed by atoms with van der Waals surface area (Å²) < 4.78 is 5.47. The number of nitro groups is 1. The molecule has 1 aliphatic rings. The summed E-state index contributed by atoms with van der Waals surface area (Å²) in [4.78, 5) is 22.5. The summed E-state index contributed by atoms with van der Waals surface area (Å²) in [6.45, 7) is 2.17. The van der Waals surface area contributed by atoms with Crippen molar-refractivity contribution < 1.29 is 14.5 Å². The van der Waals surface area contributed by atoms with Gasteiger partial charge in [-0.3, -0.25) is 14.9 Å². The number of hydrogen-bond acceptors (Lipinski definition) is 5. The van der Waals surface area contributed by atoms with Crippen LogP contribution in [0.2, 0.25) is 0 Å². The summed E-state index contributed by atoms with van der Waals surface area (Å²) in [5.41, 5.74) is 6.38. The molecular formula is C13H17N3O4. The summed E-state index contributed by atoms with van der Waals surface area (Å²) in [7, 11) is 0. The summed E-state index contributed by atoms with van der Waals surface area (Å²) in [5, 5.41) is 13.5. The highest BCUT2D eigenvalue weighted by Crippen LogP contribution is 2.27. The molecule has 0 aromatic heterocycles. The Hall–Kier alpha value is -1.99. The number of amides is 1. The molecule has 0 aliphatic carbocycles. The molecule has 1 amide bonds. The highest BCUT2D eigenvalue weighted by Gasteiger charge is 2.30. The van der Waals surface area contributed by atoms with Crippen molar-refractivity contribution in [2.45, 2.75) is 32.0 Å². The zero-order chi connectivity index (χ0) is 14.7. The van der Waals surface area contributed by atoms with Crippen LogP contribution >= 0.6 is 0 Å². The van der Waals surface area contributed by atoms with Gasteiger partial charge in [0.25, 0.3) is 11.6 Å². The lowest BCUT2D eigenvalue weighted by Gasteiger charge is -2.13. The van der Waals surface area contributed by atoms with E-state index in [0.29, 0.717) is 13.0 Å². The van der Waals surface area contributed by atoms with Gasteiger partial charge in [0.1, 0.15) is 11.8 Å². The molecule has 20 heavy (non-hydrogen) atoms. The number of ether oxygens (including phenoxy) is 1. The molecule has 108 valence electrons. The van der Waals surface area contributed by atoms with Crippen molar-refractivity contribution in [3.05, 3.63) is 33.9 Å². The Balaban J connectivity index is 2.11. The number of carbonyl (C=O) groups is 1. The molecule has 0 spiro atoms. The largest absolute Gasteiger partial charge is 0.364 e. The number of nitrogens with one attached hydrogen (secondary N) is 1. The minimum absolute atomic E-state index is 0.113. The third kappa shape index (κ3) is 3.12. The van der Waals surface area contributed by atoms with Crippen LogP contribution in [0, 0.1) is 17.0 Å². The van der Waals surface area contributed by atoms with Crippen molar-refractivity contribution in [2.75, 3.05) is 11.9 Å². The number of hydrogen-bond donors (Lipinski definition) is 2. The number of nitrogens with zero attached hydrogens (tertiary/aromatic N) is 1. The Morgan fingerprint density at radius 1 is 1.55 bits per heavy atom. The molecule has 0 bridgehead atoms. The fourth-order valence-electron chi connectivity index (χ4n) is 2.19. The zero-order valence-corrected chi connectivity index (χ0v) is 11.2. The number of carbonyl (C=O) groups excluding carboxylic acids is 1. The van der Waals surface area contributed by atoms with E-state index in [2.05, 4.69) is 5.32 Å². The van der Waals surface area contributed by atoms with E-state index in [-0.39, 0.29) is 23.4 Å². The van der Waals surface area contributed by atoms with Gasteiger partial charge in [-0.25, -0.2) is 0 Å². The van der Waals surface area contributed by atoms with Crippen molar-refractivity contribution in [3.63, 3.8) is 0 Å². The smallest absolute Gasteiger partial charge is 0.292 e. The van der Waals surface area contributed by atoms with Gasteiger partial charge in [-0.1, -0.05) is 6.07 Å². The maximum absolute atomic E-state index is 12.1. The van der Waals surface area contributed by atoms with Crippen LogP contribution in [-0.2, 0) is 9.53 Å². The first-order valence-corrected chi connectivity index (χ1v) is 6.42. The second kappa shape index (κ2) is 5.98. The van der Waals surface area contributed by atoms with Gasteiger partial charge < -0.3 is 15.8 Å².